The van der Waals surface area contributed by atoms with E-state index < -0.39 is 5.97 Å². The Kier molecular flexibility index (Phi) is 4.40. The maximum Gasteiger partial charge on any atom is 0.303 e. The lowest BCUT2D eigenvalue weighted by atomic mass is 9.94. The first kappa shape index (κ1) is 14.5. The molecule has 4 heteroatoms. The van der Waals surface area contributed by atoms with Crippen LogP contribution >= 0.6 is 11.6 Å². The molecule has 2 rings (SSSR count). The average molecular weight is 293 g/mol. The summed E-state index contributed by atoms with van der Waals surface area (Å²) in [6.07, 6.45) is 0.0459. The second-order valence-electron chi connectivity index (χ2n) is 4.75. The van der Waals surface area contributed by atoms with Gasteiger partial charge in [-0.05, 0) is 41.3 Å². The zero-order valence-corrected chi connectivity index (χ0v) is 11.7. The second-order valence-corrected chi connectivity index (χ2v) is 5.16. The van der Waals surface area contributed by atoms with E-state index in [9.17, 15) is 9.18 Å². The molecule has 0 aliphatic rings. The van der Waals surface area contributed by atoms with Crippen LogP contribution in [0.3, 0.4) is 0 Å². The quantitative estimate of drug-likeness (QED) is 0.885. The van der Waals surface area contributed by atoms with Gasteiger partial charge in [-0.1, -0.05) is 36.7 Å². The van der Waals surface area contributed by atoms with Crippen LogP contribution in [0.2, 0.25) is 5.02 Å². The molecule has 0 saturated carbocycles. The molecule has 0 saturated heterocycles. The molecule has 0 aliphatic heterocycles. The van der Waals surface area contributed by atoms with E-state index in [1.807, 2.05) is 13.0 Å². The van der Waals surface area contributed by atoms with E-state index in [1.165, 1.54) is 12.1 Å². The predicted molar refractivity (Wildman–Crippen MR) is 77.5 cm³/mol. The van der Waals surface area contributed by atoms with Gasteiger partial charge in [0.1, 0.15) is 5.82 Å². The first-order chi connectivity index (χ1) is 9.47. The van der Waals surface area contributed by atoms with Crippen molar-refractivity contribution < 1.29 is 14.3 Å². The third-order valence-corrected chi connectivity index (χ3v) is 3.51. The van der Waals surface area contributed by atoms with Gasteiger partial charge in [-0.15, -0.1) is 0 Å². The molecule has 1 atom stereocenters. The molecule has 1 unspecified atom stereocenters. The molecule has 0 spiro atoms. The fourth-order valence-corrected chi connectivity index (χ4v) is 2.33. The third kappa shape index (κ3) is 3.36. The van der Waals surface area contributed by atoms with Gasteiger partial charge >= 0.3 is 5.97 Å². The van der Waals surface area contributed by atoms with E-state index in [2.05, 4.69) is 0 Å². The summed E-state index contributed by atoms with van der Waals surface area (Å²) in [7, 11) is 0. The number of aliphatic carboxylic acids is 1. The van der Waals surface area contributed by atoms with Gasteiger partial charge in [-0.3, -0.25) is 4.79 Å². The smallest absolute Gasteiger partial charge is 0.303 e. The van der Waals surface area contributed by atoms with Crippen LogP contribution in [0, 0.1) is 5.82 Å². The molecule has 1 N–H and O–H groups in total. The largest absolute Gasteiger partial charge is 0.481 e. The summed E-state index contributed by atoms with van der Waals surface area (Å²) in [4.78, 5) is 10.8. The lowest BCUT2D eigenvalue weighted by Crippen LogP contribution is -2.03. The molecular formula is C16H14ClFO2. The summed E-state index contributed by atoms with van der Waals surface area (Å²) in [5.74, 6) is -1.31. The summed E-state index contributed by atoms with van der Waals surface area (Å²) < 4.78 is 13.3. The Morgan fingerprint density at radius 2 is 2.05 bits per heavy atom. The van der Waals surface area contributed by atoms with E-state index >= 15 is 0 Å². The first-order valence-electron chi connectivity index (χ1n) is 6.24. The zero-order chi connectivity index (χ0) is 14.7. The number of carboxylic acid groups (broad SMARTS) is 1. The summed E-state index contributed by atoms with van der Waals surface area (Å²) in [5, 5.41) is 9.36. The van der Waals surface area contributed by atoms with Crippen LogP contribution in [0.25, 0.3) is 11.1 Å². The molecule has 20 heavy (non-hydrogen) atoms. The standard InChI is InChI=1S/C16H14ClFO2/c1-10(7-16(19)20)11-5-6-15(17)14(9-11)12-3-2-4-13(18)8-12/h2-6,8-10H,7H2,1H3,(H,19,20). The zero-order valence-electron chi connectivity index (χ0n) is 10.9. The fraction of sp³-hybridized carbons (Fsp3) is 0.188. The molecule has 0 aliphatic carbocycles. The van der Waals surface area contributed by atoms with Gasteiger partial charge < -0.3 is 5.11 Å². The Labute approximate surface area is 121 Å². The second kappa shape index (κ2) is 6.06. The molecule has 2 aromatic rings. The van der Waals surface area contributed by atoms with Crippen molar-refractivity contribution in [2.24, 2.45) is 0 Å². The number of halogens is 2. The number of carboxylic acids is 1. The highest BCUT2D eigenvalue weighted by Gasteiger charge is 2.13. The summed E-state index contributed by atoms with van der Waals surface area (Å²) >= 11 is 6.15. The average Bonchev–Trinajstić information content (AvgIpc) is 2.38. The van der Waals surface area contributed by atoms with Crippen LogP contribution in [0.5, 0.6) is 0 Å². The van der Waals surface area contributed by atoms with Crippen LogP contribution in [-0.4, -0.2) is 11.1 Å². The molecule has 0 heterocycles. The molecule has 2 nitrogen and oxygen atoms in total. The highest BCUT2D eigenvalue weighted by Crippen LogP contribution is 2.32. The van der Waals surface area contributed by atoms with Crippen molar-refractivity contribution in [3.05, 3.63) is 58.9 Å². The van der Waals surface area contributed by atoms with E-state index in [-0.39, 0.29) is 18.2 Å². The van der Waals surface area contributed by atoms with Crippen LogP contribution in [0.4, 0.5) is 4.39 Å². The van der Waals surface area contributed by atoms with Gasteiger partial charge in [0.2, 0.25) is 0 Å². The summed E-state index contributed by atoms with van der Waals surface area (Å²) in [6.45, 7) is 1.84. The third-order valence-electron chi connectivity index (χ3n) is 3.18. The van der Waals surface area contributed by atoms with Crippen molar-refractivity contribution in [2.45, 2.75) is 19.3 Å². The number of hydrogen-bond acceptors (Lipinski definition) is 1. The Morgan fingerprint density at radius 1 is 1.30 bits per heavy atom. The van der Waals surface area contributed by atoms with Crippen LogP contribution in [0.15, 0.2) is 42.5 Å². The van der Waals surface area contributed by atoms with Crippen LogP contribution in [-0.2, 0) is 4.79 Å². The van der Waals surface area contributed by atoms with Crippen molar-refractivity contribution in [2.75, 3.05) is 0 Å². The number of benzene rings is 2. The van der Waals surface area contributed by atoms with Crippen LogP contribution < -0.4 is 0 Å². The van der Waals surface area contributed by atoms with Crippen LogP contribution in [0.1, 0.15) is 24.8 Å². The molecular weight excluding hydrogens is 279 g/mol. The molecule has 0 bridgehead atoms. The van der Waals surface area contributed by atoms with Gasteiger partial charge in [-0.25, -0.2) is 4.39 Å². The molecule has 0 aromatic heterocycles. The first-order valence-corrected chi connectivity index (χ1v) is 6.62. The molecule has 0 fully saturated rings. The van der Waals surface area contributed by atoms with E-state index in [1.54, 1.807) is 24.3 Å². The van der Waals surface area contributed by atoms with Gasteiger partial charge in [0.25, 0.3) is 0 Å². The van der Waals surface area contributed by atoms with Gasteiger partial charge in [0.05, 0.1) is 6.42 Å². The fourth-order valence-electron chi connectivity index (χ4n) is 2.11. The minimum Gasteiger partial charge on any atom is -0.481 e. The Hall–Kier alpha value is -1.87. The topological polar surface area (TPSA) is 37.3 Å². The normalized spacial score (nSPS) is 12.2. The minimum absolute atomic E-state index is 0.0459. The van der Waals surface area contributed by atoms with Crippen molar-refractivity contribution in [3.63, 3.8) is 0 Å². The lowest BCUT2D eigenvalue weighted by Gasteiger charge is -2.12. The van der Waals surface area contributed by atoms with Crippen molar-refractivity contribution >= 4 is 17.6 Å². The van der Waals surface area contributed by atoms with Crippen molar-refractivity contribution in [3.8, 4) is 11.1 Å². The van der Waals surface area contributed by atoms with E-state index in [0.717, 1.165) is 5.56 Å². The van der Waals surface area contributed by atoms with E-state index in [0.29, 0.717) is 16.1 Å². The van der Waals surface area contributed by atoms with E-state index in [4.69, 9.17) is 16.7 Å². The van der Waals surface area contributed by atoms with Gasteiger partial charge in [-0.2, -0.15) is 0 Å². The molecule has 0 radical (unpaired) electrons. The van der Waals surface area contributed by atoms with Gasteiger partial charge in [0, 0.05) is 10.6 Å². The molecule has 0 amide bonds. The summed E-state index contributed by atoms with van der Waals surface area (Å²) in [5.41, 5.74) is 2.26. The Morgan fingerprint density at radius 3 is 2.70 bits per heavy atom. The highest BCUT2D eigenvalue weighted by atomic mass is 35.5. The Bertz CT molecular complexity index is 640. The minimum atomic E-state index is -0.847. The maximum absolute atomic E-state index is 13.3. The number of carbonyl (C=O) groups is 1. The van der Waals surface area contributed by atoms with Crippen molar-refractivity contribution in [1.82, 2.24) is 0 Å². The molecule has 104 valence electrons. The maximum atomic E-state index is 13.3. The van der Waals surface area contributed by atoms with Crippen molar-refractivity contribution in [1.29, 1.82) is 0 Å². The highest BCUT2D eigenvalue weighted by molar-refractivity contribution is 6.33. The predicted octanol–water partition coefficient (Wildman–Crippen LogP) is 4.72. The Balaban J connectivity index is 2.41. The molecule has 2 aromatic carbocycles. The monoisotopic (exact) mass is 292 g/mol. The summed E-state index contributed by atoms with van der Waals surface area (Å²) in [6, 6.07) is 11.5. The van der Waals surface area contributed by atoms with Gasteiger partial charge in [0.15, 0.2) is 0 Å². The number of hydrogen-bond donors (Lipinski definition) is 1. The SMILES string of the molecule is CC(CC(=O)O)c1ccc(Cl)c(-c2cccc(F)c2)c1. The number of rotatable bonds is 4. The lowest BCUT2D eigenvalue weighted by molar-refractivity contribution is -0.137.